The lowest BCUT2D eigenvalue weighted by Crippen LogP contribution is -2.20. The number of carbonyl (C=O) groups is 2. The number of unbranched alkanes of at least 4 members (excludes halogenated alkanes) is 5. The molecule has 0 aliphatic heterocycles. The molecule has 0 aromatic rings. The predicted octanol–water partition coefficient (Wildman–Crippen LogP) is 3.52. The summed E-state index contributed by atoms with van der Waals surface area (Å²) >= 11 is 0. The monoisotopic (exact) mass is 286 g/mol. The summed E-state index contributed by atoms with van der Waals surface area (Å²) in [5.74, 6) is -0.0878. The van der Waals surface area contributed by atoms with Crippen LogP contribution in [0.1, 0.15) is 65.2 Å². The maximum Gasteiger partial charge on any atom is 0.305 e. The lowest BCUT2D eigenvalue weighted by molar-refractivity contribution is -0.146. The molecule has 0 aliphatic carbocycles. The van der Waals surface area contributed by atoms with Crippen LogP contribution < -0.4 is 0 Å². The van der Waals surface area contributed by atoms with E-state index in [1.807, 2.05) is 0 Å². The van der Waals surface area contributed by atoms with Crippen LogP contribution in [-0.4, -0.2) is 32.1 Å². The van der Waals surface area contributed by atoms with Crippen molar-refractivity contribution in [2.24, 2.45) is 5.92 Å². The normalized spacial score (nSPS) is 12.2. The average Bonchev–Trinajstić information content (AvgIpc) is 2.39. The maximum atomic E-state index is 11.6. The Hall–Kier alpha value is -0.900. The van der Waals surface area contributed by atoms with Gasteiger partial charge in [-0.3, -0.25) is 4.79 Å². The van der Waals surface area contributed by atoms with E-state index in [4.69, 9.17) is 9.47 Å². The van der Waals surface area contributed by atoms with Crippen LogP contribution >= 0.6 is 0 Å². The van der Waals surface area contributed by atoms with E-state index in [2.05, 4.69) is 6.92 Å². The number of hydrogen-bond donors (Lipinski definition) is 0. The number of ketones is 1. The van der Waals surface area contributed by atoms with Crippen molar-refractivity contribution >= 4 is 11.8 Å². The van der Waals surface area contributed by atoms with Gasteiger partial charge in [-0.2, -0.15) is 0 Å². The summed E-state index contributed by atoms with van der Waals surface area (Å²) in [6.07, 6.45) is 7.81. The van der Waals surface area contributed by atoms with Gasteiger partial charge in [0.15, 0.2) is 0 Å². The van der Waals surface area contributed by atoms with E-state index in [0.29, 0.717) is 19.4 Å². The second-order valence-electron chi connectivity index (χ2n) is 5.43. The highest BCUT2D eigenvalue weighted by Crippen LogP contribution is 2.09. The molecule has 0 aliphatic rings. The average molecular weight is 286 g/mol. The molecule has 1 atom stereocenters. The zero-order valence-corrected chi connectivity index (χ0v) is 13.3. The summed E-state index contributed by atoms with van der Waals surface area (Å²) in [7, 11) is 1.59. The van der Waals surface area contributed by atoms with Gasteiger partial charge in [-0.1, -0.05) is 39.0 Å². The first-order valence-corrected chi connectivity index (χ1v) is 7.74. The van der Waals surface area contributed by atoms with E-state index in [0.717, 1.165) is 12.8 Å². The smallest absolute Gasteiger partial charge is 0.305 e. The Kier molecular flexibility index (Phi) is 12.5. The van der Waals surface area contributed by atoms with Crippen LogP contribution in [-0.2, 0) is 19.1 Å². The number of ether oxygens (including phenoxy) is 2. The summed E-state index contributed by atoms with van der Waals surface area (Å²) < 4.78 is 10.2. The summed E-state index contributed by atoms with van der Waals surface area (Å²) in [6.45, 7) is 4.46. The molecule has 0 saturated carbocycles. The molecule has 0 spiro atoms. The summed E-state index contributed by atoms with van der Waals surface area (Å²) in [5.41, 5.74) is 0. The van der Waals surface area contributed by atoms with E-state index in [9.17, 15) is 9.59 Å². The first-order chi connectivity index (χ1) is 9.60. The van der Waals surface area contributed by atoms with Crippen molar-refractivity contribution in [1.82, 2.24) is 0 Å². The third-order valence-corrected chi connectivity index (χ3v) is 3.19. The molecule has 0 saturated heterocycles. The first-order valence-electron chi connectivity index (χ1n) is 7.74. The minimum atomic E-state index is -0.162. The van der Waals surface area contributed by atoms with Gasteiger partial charge in [0.25, 0.3) is 0 Å². The molecule has 0 amide bonds. The zero-order valence-electron chi connectivity index (χ0n) is 13.3. The quantitative estimate of drug-likeness (QED) is 0.384. The summed E-state index contributed by atoms with van der Waals surface area (Å²) in [5, 5.41) is 0. The maximum absolute atomic E-state index is 11.6. The fourth-order valence-corrected chi connectivity index (χ4v) is 2.14. The molecule has 0 bridgehead atoms. The van der Waals surface area contributed by atoms with Gasteiger partial charge in [-0.15, -0.1) is 0 Å². The predicted molar refractivity (Wildman–Crippen MR) is 79.6 cm³/mol. The molecule has 1 unspecified atom stereocenters. The minimum absolute atomic E-state index is 0.0222. The minimum Gasteiger partial charge on any atom is -0.465 e. The Morgan fingerprint density at radius 1 is 1.00 bits per heavy atom. The van der Waals surface area contributed by atoms with E-state index >= 15 is 0 Å². The zero-order chi connectivity index (χ0) is 15.2. The van der Waals surface area contributed by atoms with E-state index in [-0.39, 0.29) is 24.3 Å². The van der Waals surface area contributed by atoms with Crippen LogP contribution in [0, 0.1) is 5.92 Å². The second-order valence-corrected chi connectivity index (χ2v) is 5.43. The SMILES string of the molecule is CCCCCCCCC(=O)OCC(COC)CC(C)=O. The number of rotatable bonds is 13. The van der Waals surface area contributed by atoms with Crippen molar-refractivity contribution in [3.8, 4) is 0 Å². The van der Waals surface area contributed by atoms with Crippen molar-refractivity contribution in [1.29, 1.82) is 0 Å². The molecule has 0 radical (unpaired) electrons. The van der Waals surface area contributed by atoms with E-state index in [1.165, 1.54) is 25.7 Å². The summed E-state index contributed by atoms with van der Waals surface area (Å²) in [6, 6.07) is 0. The number of esters is 1. The molecule has 0 aromatic carbocycles. The molecule has 0 N–H and O–H groups in total. The van der Waals surface area contributed by atoms with Gasteiger partial charge in [0.05, 0.1) is 13.2 Å². The van der Waals surface area contributed by atoms with Crippen molar-refractivity contribution in [2.75, 3.05) is 20.3 Å². The Balaban J connectivity index is 3.65. The third-order valence-electron chi connectivity index (χ3n) is 3.19. The highest BCUT2D eigenvalue weighted by molar-refractivity contribution is 5.75. The van der Waals surface area contributed by atoms with Crippen molar-refractivity contribution in [2.45, 2.75) is 65.2 Å². The number of Topliss-reactive ketones (excluding diaryl/α,β-unsaturated/α-hetero) is 1. The van der Waals surface area contributed by atoms with Gasteiger partial charge < -0.3 is 14.3 Å². The summed E-state index contributed by atoms with van der Waals surface area (Å²) in [4.78, 5) is 22.7. The van der Waals surface area contributed by atoms with Crippen LogP contribution in [0.3, 0.4) is 0 Å². The van der Waals surface area contributed by atoms with Gasteiger partial charge in [-0.05, 0) is 13.3 Å². The highest BCUT2D eigenvalue weighted by atomic mass is 16.5. The standard InChI is InChI=1S/C16H30O4/c1-4-5-6-7-8-9-10-16(18)20-13-15(12-19-3)11-14(2)17/h15H,4-13H2,1-3H3. The number of methoxy groups -OCH3 is 1. The van der Waals surface area contributed by atoms with Gasteiger partial charge in [0, 0.05) is 25.9 Å². The molecular formula is C16H30O4. The van der Waals surface area contributed by atoms with Crippen LogP contribution in [0.15, 0.2) is 0 Å². The third kappa shape index (κ3) is 12.2. The molecule has 0 rings (SSSR count). The van der Waals surface area contributed by atoms with Gasteiger partial charge >= 0.3 is 5.97 Å². The van der Waals surface area contributed by atoms with Crippen LogP contribution in [0.2, 0.25) is 0 Å². The molecule has 0 aromatic heterocycles. The lowest BCUT2D eigenvalue weighted by atomic mass is 10.1. The Morgan fingerprint density at radius 3 is 2.25 bits per heavy atom. The first kappa shape index (κ1) is 19.1. The van der Waals surface area contributed by atoms with Crippen LogP contribution in [0.5, 0.6) is 0 Å². The number of hydrogen-bond acceptors (Lipinski definition) is 4. The Bertz CT molecular complexity index is 263. The van der Waals surface area contributed by atoms with Crippen molar-refractivity contribution in [3.05, 3.63) is 0 Å². The number of carbonyl (C=O) groups excluding carboxylic acids is 2. The molecule has 4 heteroatoms. The molecule has 4 nitrogen and oxygen atoms in total. The van der Waals surface area contributed by atoms with Crippen molar-refractivity contribution < 1.29 is 19.1 Å². The van der Waals surface area contributed by atoms with E-state index in [1.54, 1.807) is 14.0 Å². The van der Waals surface area contributed by atoms with Gasteiger partial charge in [-0.25, -0.2) is 0 Å². The van der Waals surface area contributed by atoms with E-state index < -0.39 is 0 Å². The second kappa shape index (κ2) is 13.1. The Morgan fingerprint density at radius 2 is 1.65 bits per heavy atom. The molecule has 118 valence electrons. The van der Waals surface area contributed by atoms with Gasteiger partial charge in [0.1, 0.15) is 5.78 Å². The molecular weight excluding hydrogens is 256 g/mol. The van der Waals surface area contributed by atoms with Crippen LogP contribution in [0.25, 0.3) is 0 Å². The topological polar surface area (TPSA) is 52.6 Å². The lowest BCUT2D eigenvalue weighted by Gasteiger charge is -2.14. The molecule has 20 heavy (non-hydrogen) atoms. The molecule has 0 fully saturated rings. The molecule has 0 heterocycles. The van der Waals surface area contributed by atoms with Crippen molar-refractivity contribution in [3.63, 3.8) is 0 Å². The van der Waals surface area contributed by atoms with Gasteiger partial charge in [0.2, 0.25) is 0 Å². The Labute approximate surface area is 123 Å². The largest absolute Gasteiger partial charge is 0.465 e. The fourth-order valence-electron chi connectivity index (χ4n) is 2.14. The highest BCUT2D eigenvalue weighted by Gasteiger charge is 2.14. The fraction of sp³-hybridized carbons (Fsp3) is 0.875. The van der Waals surface area contributed by atoms with Crippen LogP contribution in [0.4, 0.5) is 0 Å².